The van der Waals surface area contributed by atoms with Crippen molar-refractivity contribution in [1.29, 1.82) is 0 Å². The maximum Gasteiger partial charge on any atom is 0.267 e. The van der Waals surface area contributed by atoms with Gasteiger partial charge in [-0.3, -0.25) is 19.7 Å². The summed E-state index contributed by atoms with van der Waals surface area (Å²) in [6.45, 7) is 5.41. The first-order valence-corrected chi connectivity index (χ1v) is 10.5. The van der Waals surface area contributed by atoms with E-state index >= 15 is 0 Å². The molecule has 0 radical (unpaired) electrons. The lowest BCUT2D eigenvalue weighted by atomic mass is 9.92. The summed E-state index contributed by atoms with van der Waals surface area (Å²) < 4.78 is 5.83. The van der Waals surface area contributed by atoms with Crippen LogP contribution >= 0.6 is 11.3 Å². The van der Waals surface area contributed by atoms with Gasteiger partial charge in [0.05, 0.1) is 17.7 Å². The molecule has 2 aromatic carbocycles. The number of carbonyl (C=O) groups is 3. The summed E-state index contributed by atoms with van der Waals surface area (Å²) in [5.74, 6) is -0.293. The van der Waals surface area contributed by atoms with Crippen molar-refractivity contribution < 1.29 is 19.1 Å². The molecule has 0 atom stereocenters. The van der Waals surface area contributed by atoms with Crippen molar-refractivity contribution in [2.24, 2.45) is 0 Å². The van der Waals surface area contributed by atoms with Gasteiger partial charge in [-0.25, -0.2) is 4.98 Å². The molecule has 3 aromatic rings. The Hall–Kier alpha value is -3.52. The summed E-state index contributed by atoms with van der Waals surface area (Å²) in [6.07, 6.45) is 0.247. The standard InChI is InChI=1S/C23H21N3O4S/c1-13-19(21(29)25-15-7-5-4-6-8-15)31-22(24-13)26-20(28)14-9-10-18-16(11-14)17(27)12-23(2,3)30-18/h4-11H,12H2,1-3H3,(H,25,29)(H,24,26,28). The van der Waals surface area contributed by atoms with Gasteiger partial charge in [0, 0.05) is 11.3 Å². The smallest absolute Gasteiger partial charge is 0.267 e. The minimum atomic E-state index is -0.566. The summed E-state index contributed by atoms with van der Waals surface area (Å²) in [4.78, 5) is 42.4. The van der Waals surface area contributed by atoms with Gasteiger partial charge in [0.15, 0.2) is 10.9 Å². The predicted octanol–water partition coefficient (Wildman–Crippen LogP) is 4.70. The molecule has 2 N–H and O–H groups in total. The maximum atomic E-state index is 12.7. The van der Waals surface area contributed by atoms with Gasteiger partial charge in [-0.15, -0.1) is 0 Å². The van der Waals surface area contributed by atoms with Crippen LogP contribution in [0.2, 0.25) is 0 Å². The molecule has 8 heteroatoms. The Balaban J connectivity index is 1.50. The minimum Gasteiger partial charge on any atom is -0.487 e. The van der Waals surface area contributed by atoms with E-state index in [0.29, 0.717) is 38.3 Å². The molecule has 0 unspecified atom stereocenters. The number of aromatic nitrogens is 1. The number of anilines is 2. The van der Waals surface area contributed by atoms with Crippen molar-refractivity contribution in [2.45, 2.75) is 32.8 Å². The number of nitrogens with one attached hydrogen (secondary N) is 2. The molecule has 0 saturated carbocycles. The summed E-state index contributed by atoms with van der Waals surface area (Å²) in [6, 6.07) is 13.9. The van der Waals surface area contributed by atoms with Crippen LogP contribution in [0, 0.1) is 6.92 Å². The van der Waals surface area contributed by atoms with Crippen molar-refractivity contribution in [2.75, 3.05) is 10.6 Å². The molecule has 0 saturated heterocycles. The van der Waals surface area contributed by atoms with Crippen LogP contribution in [0.4, 0.5) is 10.8 Å². The summed E-state index contributed by atoms with van der Waals surface area (Å²) >= 11 is 1.09. The lowest BCUT2D eigenvalue weighted by Gasteiger charge is -2.31. The molecule has 0 spiro atoms. The van der Waals surface area contributed by atoms with Gasteiger partial charge in [0.2, 0.25) is 0 Å². The zero-order valence-electron chi connectivity index (χ0n) is 17.3. The van der Waals surface area contributed by atoms with Crippen molar-refractivity contribution in [3.8, 4) is 5.75 Å². The molecule has 2 amide bonds. The van der Waals surface area contributed by atoms with Crippen molar-refractivity contribution >= 4 is 39.8 Å². The number of nitrogens with zero attached hydrogens (tertiary/aromatic N) is 1. The molecule has 0 aliphatic carbocycles. The number of amides is 2. The van der Waals surface area contributed by atoms with Crippen molar-refractivity contribution in [3.63, 3.8) is 0 Å². The highest BCUT2D eigenvalue weighted by molar-refractivity contribution is 7.17. The van der Waals surface area contributed by atoms with Crippen LogP contribution in [0.3, 0.4) is 0 Å². The normalized spacial score (nSPS) is 14.4. The number of para-hydroxylation sites is 1. The number of rotatable bonds is 4. The first-order valence-electron chi connectivity index (χ1n) is 9.73. The molecule has 1 aliphatic rings. The lowest BCUT2D eigenvalue weighted by Crippen LogP contribution is -2.36. The number of benzene rings is 2. The third kappa shape index (κ3) is 4.49. The first-order chi connectivity index (χ1) is 14.7. The van der Waals surface area contributed by atoms with E-state index < -0.39 is 11.5 Å². The molecular formula is C23H21N3O4S. The molecule has 0 fully saturated rings. The van der Waals surface area contributed by atoms with E-state index in [1.54, 1.807) is 31.2 Å². The van der Waals surface area contributed by atoms with Gasteiger partial charge in [-0.1, -0.05) is 29.5 Å². The number of fused-ring (bicyclic) bond motifs is 1. The average molecular weight is 436 g/mol. The highest BCUT2D eigenvalue weighted by atomic mass is 32.1. The summed E-state index contributed by atoms with van der Waals surface area (Å²) in [5, 5.41) is 5.83. The van der Waals surface area contributed by atoms with E-state index in [1.807, 2.05) is 32.0 Å². The van der Waals surface area contributed by atoms with Gasteiger partial charge < -0.3 is 10.1 Å². The second-order valence-electron chi connectivity index (χ2n) is 7.88. The zero-order valence-corrected chi connectivity index (χ0v) is 18.1. The Bertz CT molecular complexity index is 1180. The van der Waals surface area contributed by atoms with Crippen molar-refractivity contribution in [1.82, 2.24) is 4.98 Å². The van der Waals surface area contributed by atoms with E-state index in [0.717, 1.165) is 11.3 Å². The Morgan fingerprint density at radius 2 is 1.81 bits per heavy atom. The summed E-state index contributed by atoms with van der Waals surface area (Å²) in [5.41, 5.74) is 1.34. The molecule has 158 valence electrons. The number of carbonyl (C=O) groups excluding carboxylic acids is 3. The van der Waals surface area contributed by atoms with Gasteiger partial charge >= 0.3 is 0 Å². The minimum absolute atomic E-state index is 0.0640. The number of aryl methyl sites for hydroxylation is 1. The topological polar surface area (TPSA) is 97.4 Å². The van der Waals surface area contributed by atoms with Gasteiger partial charge in [0.1, 0.15) is 16.2 Å². The van der Waals surface area contributed by atoms with E-state index in [-0.39, 0.29) is 18.1 Å². The van der Waals surface area contributed by atoms with Crippen LogP contribution in [-0.2, 0) is 0 Å². The van der Waals surface area contributed by atoms with Gasteiger partial charge in [-0.05, 0) is 51.1 Å². The Kier molecular flexibility index (Phi) is 5.32. The fourth-order valence-electron chi connectivity index (χ4n) is 3.33. The van der Waals surface area contributed by atoms with Crippen LogP contribution in [-0.4, -0.2) is 28.2 Å². The van der Waals surface area contributed by atoms with E-state index in [1.165, 1.54) is 6.07 Å². The molecule has 1 aromatic heterocycles. The Morgan fingerprint density at radius 3 is 2.55 bits per heavy atom. The fourth-order valence-corrected chi connectivity index (χ4v) is 4.19. The second-order valence-corrected chi connectivity index (χ2v) is 8.88. The quantitative estimate of drug-likeness (QED) is 0.619. The largest absolute Gasteiger partial charge is 0.487 e. The average Bonchev–Trinajstić information content (AvgIpc) is 3.07. The van der Waals surface area contributed by atoms with Gasteiger partial charge in [0.25, 0.3) is 11.8 Å². The number of hydrogen-bond donors (Lipinski definition) is 2. The summed E-state index contributed by atoms with van der Waals surface area (Å²) in [7, 11) is 0. The van der Waals surface area contributed by atoms with Crippen LogP contribution in [0.15, 0.2) is 48.5 Å². The maximum absolute atomic E-state index is 12.7. The van der Waals surface area contributed by atoms with Crippen molar-refractivity contribution in [3.05, 3.63) is 70.2 Å². The number of ketones is 1. The number of Topliss-reactive ketones (excluding diaryl/α,β-unsaturated/α-hetero) is 1. The van der Waals surface area contributed by atoms with Crippen LogP contribution < -0.4 is 15.4 Å². The van der Waals surface area contributed by atoms with Gasteiger partial charge in [-0.2, -0.15) is 0 Å². The van der Waals surface area contributed by atoms with E-state index in [2.05, 4.69) is 15.6 Å². The van der Waals surface area contributed by atoms with Crippen LogP contribution in [0.25, 0.3) is 0 Å². The first kappa shape index (κ1) is 20.7. The molecule has 0 bridgehead atoms. The fraction of sp³-hybridized carbons (Fsp3) is 0.217. The monoisotopic (exact) mass is 435 g/mol. The molecule has 31 heavy (non-hydrogen) atoms. The Labute approximate surface area is 183 Å². The molecule has 7 nitrogen and oxygen atoms in total. The molecule has 4 rings (SSSR count). The SMILES string of the molecule is Cc1nc(NC(=O)c2ccc3c(c2)C(=O)CC(C)(C)O3)sc1C(=O)Nc1ccccc1. The molecule has 1 aliphatic heterocycles. The molecular weight excluding hydrogens is 414 g/mol. The lowest BCUT2D eigenvalue weighted by molar-refractivity contribution is 0.0620. The third-order valence-electron chi connectivity index (χ3n) is 4.77. The van der Waals surface area contributed by atoms with Crippen LogP contribution in [0.5, 0.6) is 5.75 Å². The van der Waals surface area contributed by atoms with Crippen LogP contribution in [0.1, 0.15) is 56.3 Å². The second kappa shape index (κ2) is 7.96. The number of thiazole rings is 1. The van der Waals surface area contributed by atoms with E-state index in [9.17, 15) is 14.4 Å². The highest BCUT2D eigenvalue weighted by Gasteiger charge is 2.33. The number of ether oxygens (including phenoxy) is 1. The highest BCUT2D eigenvalue weighted by Crippen LogP contribution is 2.33. The molecule has 2 heterocycles. The van der Waals surface area contributed by atoms with E-state index in [4.69, 9.17) is 4.74 Å². The third-order valence-corrected chi connectivity index (χ3v) is 5.84. The predicted molar refractivity (Wildman–Crippen MR) is 119 cm³/mol. The Morgan fingerprint density at radius 1 is 1.06 bits per heavy atom. The zero-order chi connectivity index (χ0) is 22.2. The number of hydrogen-bond acceptors (Lipinski definition) is 6.